The maximum atomic E-state index is 12.8. The van der Waals surface area contributed by atoms with E-state index in [9.17, 15) is 4.79 Å². The summed E-state index contributed by atoms with van der Waals surface area (Å²) in [7, 11) is 0. The smallest absolute Gasteiger partial charge is 0.239 e. The van der Waals surface area contributed by atoms with Crippen LogP contribution in [-0.2, 0) is 17.8 Å². The molecule has 0 aromatic heterocycles. The zero-order valence-electron chi connectivity index (χ0n) is 13.8. The molecule has 4 nitrogen and oxygen atoms in total. The van der Waals surface area contributed by atoms with Gasteiger partial charge in [0.2, 0.25) is 5.91 Å². The second-order valence-corrected chi connectivity index (χ2v) is 6.42. The second kappa shape index (κ2) is 6.80. The van der Waals surface area contributed by atoms with Crippen LogP contribution in [0.2, 0.25) is 0 Å². The molecule has 1 amide bonds. The Kier molecular flexibility index (Phi) is 4.79. The topological polar surface area (TPSA) is 26.8 Å². The van der Waals surface area contributed by atoms with Gasteiger partial charge in [0.15, 0.2) is 0 Å². The van der Waals surface area contributed by atoms with Gasteiger partial charge in [-0.1, -0.05) is 31.2 Å². The molecule has 2 aliphatic heterocycles. The Bertz CT molecular complexity index is 523. The number of nitrogens with zero attached hydrogens (tertiary/aromatic N) is 3. The van der Waals surface area contributed by atoms with Gasteiger partial charge in [0.25, 0.3) is 0 Å². The van der Waals surface area contributed by atoms with Gasteiger partial charge in [-0.15, -0.1) is 0 Å². The van der Waals surface area contributed by atoms with Crippen molar-refractivity contribution in [2.75, 3.05) is 39.3 Å². The molecule has 1 saturated heterocycles. The Morgan fingerprint density at radius 2 is 1.77 bits per heavy atom. The van der Waals surface area contributed by atoms with Gasteiger partial charge in [0.05, 0.1) is 6.04 Å². The van der Waals surface area contributed by atoms with Gasteiger partial charge in [-0.05, 0) is 31.0 Å². The van der Waals surface area contributed by atoms with Gasteiger partial charge in [-0.2, -0.15) is 0 Å². The third-order valence-corrected chi connectivity index (χ3v) is 5.20. The minimum Gasteiger partial charge on any atom is -0.339 e. The number of amides is 1. The standard InChI is InChI=1S/C18H27N3O/c1-3-19-10-12-20(13-11-19)18(22)15(2)21-9-8-16-6-4-5-7-17(16)14-21/h4-7,15H,3,8-14H2,1-2H3/t15-/m0/s1. The number of likely N-dealkylation sites (N-methyl/N-ethyl adjacent to an activating group) is 1. The highest BCUT2D eigenvalue weighted by atomic mass is 16.2. The first-order valence-electron chi connectivity index (χ1n) is 8.51. The van der Waals surface area contributed by atoms with Crippen LogP contribution in [0.5, 0.6) is 0 Å². The fraction of sp³-hybridized carbons (Fsp3) is 0.611. The van der Waals surface area contributed by atoms with Crippen LogP contribution in [0.1, 0.15) is 25.0 Å². The zero-order valence-corrected chi connectivity index (χ0v) is 13.8. The first-order chi connectivity index (χ1) is 10.7. The molecule has 0 saturated carbocycles. The van der Waals surface area contributed by atoms with Crippen LogP contribution in [0.15, 0.2) is 24.3 Å². The van der Waals surface area contributed by atoms with E-state index in [1.807, 2.05) is 0 Å². The summed E-state index contributed by atoms with van der Waals surface area (Å²) in [5.74, 6) is 0.301. The molecule has 0 N–H and O–H groups in total. The fourth-order valence-corrected chi connectivity index (χ4v) is 3.55. The fourth-order valence-electron chi connectivity index (χ4n) is 3.55. The summed E-state index contributed by atoms with van der Waals surface area (Å²) in [6.45, 7) is 11.0. The van der Waals surface area contributed by atoms with Crippen molar-refractivity contribution in [3.05, 3.63) is 35.4 Å². The van der Waals surface area contributed by atoms with Crippen molar-refractivity contribution in [2.24, 2.45) is 0 Å². The highest BCUT2D eigenvalue weighted by Gasteiger charge is 2.29. The van der Waals surface area contributed by atoms with Crippen molar-refractivity contribution in [3.8, 4) is 0 Å². The van der Waals surface area contributed by atoms with E-state index < -0.39 is 0 Å². The van der Waals surface area contributed by atoms with Crippen molar-refractivity contribution in [1.82, 2.24) is 14.7 Å². The number of rotatable bonds is 3. The average molecular weight is 301 g/mol. The third-order valence-electron chi connectivity index (χ3n) is 5.20. The maximum absolute atomic E-state index is 12.8. The van der Waals surface area contributed by atoms with Crippen LogP contribution in [0.3, 0.4) is 0 Å². The molecule has 0 spiro atoms. The molecular formula is C18H27N3O. The van der Waals surface area contributed by atoms with E-state index in [-0.39, 0.29) is 6.04 Å². The molecule has 1 fully saturated rings. The van der Waals surface area contributed by atoms with Crippen molar-refractivity contribution in [3.63, 3.8) is 0 Å². The maximum Gasteiger partial charge on any atom is 0.239 e. The van der Waals surface area contributed by atoms with Gasteiger partial charge in [-0.25, -0.2) is 0 Å². The van der Waals surface area contributed by atoms with Crippen molar-refractivity contribution >= 4 is 5.91 Å². The van der Waals surface area contributed by atoms with Gasteiger partial charge < -0.3 is 9.80 Å². The summed E-state index contributed by atoms with van der Waals surface area (Å²) in [5, 5.41) is 0. The average Bonchev–Trinajstić information content (AvgIpc) is 2.60. The normalized spacial score (nSPS) is 21.5. The Hall–Kier alpha value is -1.39. The lowest BCUT2D eigenvalue weighted by molar-refractivity contribution is -0.138. The van der Waals surface area contributed by atoms with Crippen LogP contribution in [0, 0.1) is 0 Å². The van der Waals surface area contributed by atoms with E-state index in [0.717, 1.165) is 52.2 Å². The molecule has 0 unspecified atom stereocenters. The Balaban J connectivity index is 1.60. The van der Waals surface area contributed by atoms with Gasteiger partial charge in [0.1, 0.15) is 0 Å². The van der Waals surface area contributed by atoms with Gasteiger partial charge in [0, 0.05) is 39.3 Å². The molecule has 1 atom stereocenters. The van der Waals surface area contributed by atoms with Gasteiger partial charge >= 0.3 is 0 Å². The van der Waals surface area contributed by atoms with Crippen molar-refractivity contribution in [2.45, 2.75) is 32.9 Å². The van der Waals surface area contributed by atoms with E-state index in [4.69, 9.17) is 0 Å². The Labute approximate surface area is 133 Å². The molecule has 1 aromatic carbocycles. The molecular weight excluding hydrogens is 274 g/mol. The van der Waals surface area contributed by atoms with Gasteiger partial charge in [-0.3, -0.25) is 9.69 Å². The molecule has 1 aromatic rings. The first-order valence-corrected chi connectivity index (χ1v) is 8.51. The Morgan fingerprint density at radius 1 is 1.09 bits per heavy atom. The lowest BCUT2D eigenvalue weighted by Gasteiger charge is -2.39. The van der Waals surface area contributed by atoms with E-state index in [2.05, 4.69) is 52.8 Å². The van der Waals surface area contributed by atoms with Crippen LogP contribution in [0.25, 0.3) is 0 Å². The number of hydrogen-bond acceptors (Lipinski definition) is 3. The van der Waals surface area contributed by atoms with E-state index in [1.165, 1.54) is 11.1 Å². The molecule has 0 bridgehead atoms. The summed E-state index contributed by atoms with van der Waals surface area (Å²) in [6, 6.07) is 8.60. The highest BCUT2D eigenvalue weighted by molar-refractivity contribution is 5.81. The summed E-state index contributed by atoms with van der Waals surface area (Å²) in [4.78, 5) is 19.6. The minimum absolute atomic E-state index is 0.0125. The van der Waals surface area contributed by atoms with Crippen LogP contribution < -0.4 is 0 Å². The van der Waals surface area contributed by atoms with Crippen LogP contribution in [0.4, 0.5) is 0 Å². The number of benzene rings is 1. The Morgan fingerprint density at radius 3 is 2.45 bits per heavy atom. The molecule has 22 heavy (non-hydrogen) atoms. The zero-order chi connectivity index (χ0) is 15.5. The largest absolute Gasteiger partial charge is 0.339 e. The van der Waals surface area contributed by atoms with E-state index in [1.54, 1.807) is 0 Å². The third kappa shape index (κ3) is 3.18. The number of hydrogen-bond donors (Lipinski definition) is 0. The highest BCUT2D eigenvalue weighted by Crippen LogP contribution is 2.21. The molecule has 3 rings (SSSR count). The second-order valence-electron chi connectivity index (χ2n) is 6.42. The summed E-state index contributed by atoms with van der Waals surface area (Å²) in [5.41, 5.74) is 2.82. The quantitative estimate of drug-likeness (QED) is 0.848. The monoisotopic (exact) mass is 301 g/mol. The van der Waals surface area contributed by atoms with Crippen LogP contribution >= 0.6 is 0 Å². The number of carbonyl (C=O) groups excluding carboxylic acids is 1. The molecule has 4 heteroatoms. The molecule has 120 valence electrons. The van der Waals surface area contributed by atoms with Crippen LogP contribution in [-0.4, -0.2) is 65.9 Å². The summed E-state index contributed by atoms with van der Waals surface area (Å²) in [6.07, 6.45) is 1.05. The molecule has 0 aliphatic carbocycles. The van der Waals surface area contributed by atoms with E-state index >= 15 is 0 Å². The molecule has 2 heterocycles. The predicted molar refractivity (Wildman–Crippen MR) is 88.7 cm³/mol. The first kappa shape index (κ1) is 15.5. The lowest BCUT2D eigenvalue weighted by atomic mass is 9.98. The SMILES string of the molecule is CCN1CCN(C(=O)[C@H](C)N2CCc3ccccc3C2)CC1. The molecule has 0 radical (unpaired) electrons. The minimum atomic E-state index is -0.0125. The summed E-state index contributed by atoms with van der Waals surface area (Å²) >= 11 is 0. The lowest BCUT2D eigenvalue weighted by Crippen LogP contribution is -2.54. The molecule has 2 aliphatic rings. The predicted octanol–water partition coefficient (Wildman–Crippen LogP) is 1.60. The summed E-state index contributed by atoms with van der Waals surface area (Å²) < 4.78 is 0. The van der Waals surface area contributed by atoms with E-state index in [0.29, 0.717) is 5.91 Å². The number of fused-ring (bicyclic) bond motifs is 1. The number of carbonyl (C=O) groups is 1. The van der Waals surface area contributed by atoms with Crippen molar-refractivity contribution in [1.29, 1.82) is 0 Å². The number of piperazine rings is 1. The van der Waals surface area contributed by atoms with Crippen molar-refractivity contribution < 1.29 is 4.79 Å².